The van der Waals surface area contributed by atoms with E-state index >= 15 is 0 Å². The summed E-state index contributed by atoms with van der Waals surface area (Å²) in [6.07, 6.45) is 4.45. The smallest absolute Gasteiger partial charge is 0.264 e. The molecule has 102 valence electrons. The number of ketones is 1. The van der Waals surface area contributed by atoms with Crippen LogP contribution in [0.5, 0.6) is 0 Å². The molecular weight excluding hydrogens is 272 g/mol. The maximum Gasteiger partial charge on any atom is 0.264 e. The van der Waals surface area contributed by atoms with E-state index in [1.54, 1.807) is 0 Å². The maximum absolute atomic E-state index is 11.6. The molecule has 0 aliphatic heterocycles. The molecule has 1 heterocycles. The van der Waals surface area contributed by atoms with Crippen LogP contribution in [0.1, 0.15) is 48.9 Å². The minimum atomic E-state index is -3.81. The van der Waals surface area contributed by atoms with Gasteiger partial charge >= 0.3 is 0 Å². The van der Waals surface area contributed by atoms with E-state index in [2.05, 4.69) is 0 Å². The van der Waals surface area contributed by atoms with E-state index in [0.717, 1.165) is 31.2 Å². The largest absolute Gasteiger partial charge is 0.294 e. The lowest BCUT2D eigenvalue weighted by Crippen LogP contribution is -2.03. The average molecular weight is 290 g/mol. The van der Waals surface area contributed by atoms with E-state index in [9.17, 15) is 13.2 Å². The van der Waals surface area contributed by atoms with Gasteiger partial charge in [-0.2, -0.15) is 19.8 Å². The van der Waals surface area contributed by atoms with E-state index in [1.807, 2.05) is 16.8 Å². The first-order valence-electron chi connectivity index (χ1n) is 5.99. The third-order valence-corrected chi connectivity index (χ3v) is 4.14. The van der Waals surface area contributed by atoms with Gasteiger partial charge in [-0.05, 0) is 24.3 Å². The Bertz CT molecular complexity index is 448. The molecule has 4 nitrogen and oxygen atoms in total. The highest BCUT2D eigenvalue weighted by molar-refractivity contribution is 7.85. The van der Waals surface area contributed by atoms with Crippen LogP contribution >= 0.6 is 11.3 Å². The molecule has 0 unspecified atom stereocenters. The van der Waals surface area contributed by atoms with Gasteiger partial charge in [0, 0.05) is 17.4 Å². The third kappa shape index (κ3) is 6.88. The lowest BCUT2D eigenvalue weighted by Gasteiger charge is -2.00. The SMILES string of the molecule is O=C(CCCCCCCS(=O)(=O)O)c1ccsc1. The summed E-state index contributed by atoms with van der Waals surface area (Å²) in [5.41, 5.74) is 0.784. The van der Waals surface area contributed by atoms with Gasteiger partial charge in [-0.3, -0.25) is 9.35 Å². The molecule has 0 amide bonds. The number of hydrogen-bond acceptors (Lipinski definition) is 4. The van der Waals surface area contributed by atoms with E-state index in [1.165, 1.54) is 11.3 Å². The van der Waals surface area contributed by atoms with Crippen molar-refractivity contribution in [3.05, 3.63) is 22.4 Å². The maximum atomic E-state index is 11.6. The van der Waals surface area contributed by atoms with Crippen molar-refractivity contribution in [2.24, 2.45) is 0 Å². The van der Waals surface area contributed by atoms with Crippen molar-refractivity contribution in [1.29, 1.82) is 0 Å². The van der Waals surface area contributed by atoms with Gasteiger partial charge in [0.05, 0.1) is 5.75 Å². The number of unbranched alkanes of at least 4 members (excludes halogenated alkanes) is 4. The lowest BCUT2D eigenvalue weighted by atomic mass is 10.1. The van der Waals surface area contributed by atoms with Gasteiger partial charge in [0.2, 0.25) is 0 Å². The van der Waals surface area contributed by atoms with Crippen molar-refractivity contribution in [3.8, 4) is 0 Å². The second kappa shape index (κ2) is 7.66. The first-order valence-corrected chi connectivity index (χ1v) is 8.55. The number of carbonyl (C=O) groups is 1. The molecule has 0 saturated carbocycles. The van der Waals surface area contributed by atoms with Gasteiger partial charge in [-0.25, -0.2) is 0 Å². The summed E-state index contributed by atoms with van der Waals surface area (Å²) in [5.74, 6) is 0.00933. The zero-order valence-corrected chi connectivity index (χ0v) is 11.8. The molecule has 0 atom stereocenters. The molecule has 0 saturated heterocycles. The molecule has 6 heteroatoms. The number of hydrogen-bond donors (Lipinski definition) is 1. The number of Topliss-reactive ketones (excluding diaryl/α,β-unsaturated/α-hetero) is 1. The molecular formula is C12H18O4S2. The average Bonchev–Trinajstić information content (AvgIpc) is 2.79. The highest BCUT2D eigenvalue weighted by atomic mass is 32.2. The Morgan fingerprint density at radius 1 is 1.17 bits per heavy atom. The van der Waals surface area contributed by atoms with Crippen molar-refractivity contribution in [3.63, 3.8) is 0 Å². The van der Waals surface area contributed by atoms with Crippen molar-refractivity contribution in [2.75, 3.05) is 5.75 Å². The van der Waals surface area contributed by atoms with E-state index < -0.39 is 10.1 Å². The van der Waals surface area contributed by atoms with E-state index in [0.29, 0.717) is 12.8 Å². The normalized spacial score (nSPS) is 11.6. The molecule has 1 aromatic rings. The zero-order valence-electron chi connectivity index (χ0n) is 10.2. The van der Waals surface area contributed by atoms with Crippen molar-refractivity contribution in [1.82, 2.24) is 0 Å². The molecule has 1 aromatic heterocycles. The summed E-state index contributed by atoms with van der Waals surface area (Å²) in [7, 11) is -3.81. The lowest BCUT2D eigenvalue weighted by molar-refractivity contribution is 0.0979. The van der Waals surface area contributed by atoms with Gasteiger partial charge < -0.3 is 0 Å². The molecule has 0 spiro atoms. The Morgan fingerprint density at radius 2 is 1.83 bits per heavy atom. The molecule has 0 fully saturated rings. The summed E-state index contributed by atoms with van der Waals surface area (Å²) >= 11 is 1.52. The molecule has 0 bridgehead atoms. The summed E-state index contributed by atoms with van der Waals surface area (Å²) in [5, 5.41) is 3.75. The van der Waals surface area contributed by atoms with Gasteiger partial charge in [-0.1, -0.05) is 19.3 Å². The number of thiophene rings is 1. The van der Waals surface area contributed by atoms with E-state index in [-0.39, 0.29) is 11.5 Å². The van der Waals surface area contributed by atoms with E-state index in [4.69, 9.17) is 4.55 Å². The van der Waals surface area contributed by atoms with Crippen LogP contribution in [0, 0.1) is 0 Å². The molecule has 0 aliphatic carbocycles. The Labute approximate surface area is 112 Å². The predicted octanol–water partition coefficient (Wildman–Crippen LogP) is 3.16. The molecule has 0 aromatic carbocycles. The fourth-order valence-corrected chi connectivity index (χ4v) is 2.90. The number of carbonyl (C=O) groups excluding carboxylic acids is 1. The van der Waals surface area contributed by atoms with Gasteiger partial charge in [0.1, 0.15) is 0 Å². The standard InChI is InChI=1S/C12H18O4S2/c13-12(11-7-8-17-10-11)6-4-2-1-3-5-9-18(14,15)16/h7-8,10H,1-6,9H2,(H,14,15,16). The fourth-order valence-electron chi connectivity index (χ4n) is 1.67. The minimum absolute atomic E-state index is 0.166. The van der Waals surface area contributed by atoms with Crippen LogP contribution in [0.2, 0.25) is 0 Å². The highest BCUT2D eigenvalue weighted by Gasteiger charge is 2.06. The summed E-state index contributed by atoms with van der Waals surface area (Å²) in [6.45, 7) is 0. The molecule has 1 rings (SSSR count). The Hall–Kier alpha value is -0.720. The minimum Gasteiger partial charge on any atom is -0.294 e. The zero-order chi connectivity index (χ0) is 13.4. The topological polar surface area (TPSA) is 71.4 Å². The third-order valence-electron chi connectivity index (χ3n) is 2.65. The van der Waals surface area contributed by atoms with Gasteiger partial charge in [0.25, 0.3) is 10.1 Å². The van der Waals surface area contributed by atoms with Gasteiger partial charge in [0.15, 0.2) is 5.78 Å². The fraction of sp³-hybridized carbons (Fsp3) is 0.583. The summed E-state index contributed by atoms with van der Waals surface area (Å²) < 4.78 is 29.4. The van der Waals surface area contributed by atoms with Crippen LogP contribution in [0.15, 0.2) is 16.8 Å². The summed E-state index contributed by atoms with van der Waals surface area (Å²) in [4.78, 5) is 11.6. The Morgan fingerprint density at radius 3 is 2.44 bits per heavy atom. The van der Waals surface area contributed by atoms with Crippen molar-refractivity contribution < 1.29 is 17.8 Å². The molecule has 0 aliphatic rings. The van der Waals surface area contributed by atoms with Crippen LogP contribution in [0.3, 0.4) is 0 Å². The van der Waals surface area contributed by atoms with Crippen LogP contribution in [-0.2, 0) is 10.1 Å². The van der Waals surface area contributed by atoms with Crippen LogP contribution in [-0.4, -0.2) is 24.5 Å². The Balaban J connectivity index is 2.01. The Kier molecular flexibility index (Phi) is 6.52. The van der Waals surface area contributed by atoms with Crippen LogP contribution in [0.4, 0.5) is 0 Å². The van der Waals surface area contributed by atoms with Crippen LogP contribution in [0.25, 0.3) is 0 Å². The first kappa shape index (κ1) is 15.3. The monoisotopic (exact) mass is 290 g/mol. The second-order valence-corrected chi connectivity index (χ2v) is 6.59. The molecule has 18 heavy (non-hydrogen) atoms. The second-order valence-electron chi connectivity index (χ2n) is 4.24. The highest BCUT2D eigenvalue weighted by Crippen LogP contribution is 2.12. The van der Waals surface area contributed by atoms with Crippen LogP contribution < -0.4 is 0 Å². The molecule has 1 N–H and O–H groups in total. The summed E-state index contributed by atoms with van der Waals surface area (Å²) in [6, 6.07) is 1.83. The van der Waals surface area contributed by atoms with Crippen molar-refractivity contribution in [2.45, 2.75) is 38.5 Å². The predicted molar refractivity (Wildman–Crippen MR) is 72.8 cm³/mol. The van der Waals surface area contributed by atoms with Gasteiger partial charge in [-0.15, -0.1) is 0 Å². The number of rotatable bonds is 9. The molecule has 0 radical (unpaired) electrons. The first-order chi connectivity index (χ1) is 8.49. The quantitative estimate of drug-likeness (QED) is 0.431. The van der Waals surface area contributed by atoms with Crippen molar-refractivity contribution >= 4 is 27.2 Å².